The first-order chi connectivity index (χ1) is 64.7. The molecule has 680 valence electrons. The van der Waals surface area contributed by atoms with Gasteiger partial charge in [-0.1, -0.05) is 112 Å². The van der Waals surface area contributed by atoms with E-state index in [2.05, 4.69) is 282 Å². The van der Waals surface area contributed by atoms with Gasteiger partial charge in [-0.3, -0.25) is 58.7 Å². The number of hydrogen-bond acceptors (Lipinski definition) is 12. The van der Waals surface area contributed by atoms with Crippen LogP contribution in [0.2, 0.25) is 5.02 Å². The molecule has 5 amide bonds. The summed E-state index contributed by atoms with van der Waals surface area (Å²) < 4.78 is 47.6. The average Bonchev–Trinajstić information content (AvgIpc) is 1.70. The van der Waals surface area contributed by atoms with Crippen molar-refractivity contribution in [1.29, 1.82) is 0 Å². The third-order valence-electron chi connectivity index (χ3n) is 27.9. The van der Waals surface area contributed by atoms with Gasteiger partial charge >= 0.3 is 0 Å². The topological polar surface area (TPSA) is 172 Å². The van der Waals surface area contributed by atoms with Crippen LogP contribution in [0.3, 0.4) is 0 Å². The van der Waals surface area contributed by atoms with E-state index in [0.717, 1.165) is 164 Å². The lowest BCUT2D eigenvalue weighted by Gasteiger charge is -2.39. The van der Waals surface area contributed by atoms with Crippen LogP contribution in [0, 0.1) is 45.4 Å². The summed E-state index contributed by atoms with van der Waals surface area (Å²) in [6.07, 6.45) is 21.8. The molecule has 10 aromatic rings. The molecule has 20 rings (SSSR count). The summed E-state index contributed by atoms with van der Waals surface area (Å²) in [7, 11) is 0. The monoisotopic (exact) mass is 2410 g/mol. The average molecular weight is 2420 g/mol. The number of benzene rings is 5. The Labute approximate surface area is 859 Å². The van der Waals surface area contributed by atoms with Crippen LogP contribution in [0.15, 0.2) is 167 Å². The van der Waals surface area contributed by atoms with Gasteiger partial charge in [0.1, 0.15) is 6.85 Å². The minimum Gasteiger partial charge on any atom is -0.345 e. The van der Waals surface area contributed by atoms with Crippen molar-refractivity contribution in [3.05, 3.63) is 306 Å². The molecule has 5 aromatic carbocycles. The van der Waals surface area contributed by atoms with Gasteiger partial charge in [-0.2, -0.15) is 0 Å². The van der Waals surface area contributed by atoms with Gasteiger partial charge in [-0.05, 0) is 404 Å². The van der Waals surface area contributed by atoms with Gasteiger partial charge in [-0.15, -0.1) is 0 Å². The lowest BCUT2D eigenvalue weighted by Crippen LogP contribution is -2.47. The molecule has 10 aliphatic rings. The maximum absolute atomic E-state index is 11.4. The summed E-state index contributed by atoms with van der Waals surface area (Å²) in [5.74, 6) is 1.96. The molecule has 130 heavy (non-hydrogen) atoms. The summed E-state index contributed by atoms with van der Waals surface area (Å²) in [5, 5.41) is 0.720. The van der Waals surface area contributed by atoms with Crippen molar-refractivity contribution in [2.75, 3.05) is 91.6 Å². The Kier molecular flexibility index (Phi) is 30.8. The second kappa shape index (κ2) is 44.1. The Hall–Kier alpha value is -5.79. The molecule has 10 heterocycles. The molecule has 0 spiro atoms. The molecule has 5 aromatic heterocycles. The molecule has 5 atom stereocenters. The summed E-state index contributed by atoms with van der Waals surface area (Å²) in [6.45, 7) is 17.8. The number of nitrogens with zero attached hydrogens (tertiary/aromatic N) is 12. The Morgan fingerprint density at radius 2 is 0.608 bits per heavy atom. The van der Waals surface area contributed by atoms with E-state index < -0.39 is 31.9 Å². The number of aryl methyl sites for hydroxylation is 12. The Bertz CT molecular complexity index is 5690. The lowest BCUT2D eigenvalue weighted by molar-refractivity contribution is -0.120. The van der Waals surface area contributed by atoms with E-state index in [0.29, 0.717) is 96.3 Å². The number of piperazine rings is 2. The predicted molar refractivity (Wildman–Crippen MR) is 550 cm³/mol. The molecular formula is C102H105Br10ClN12O5. The smallest absolute Gasteiger partial charge is 0.209 e. The summed E-state index contributed by atoms with van der Waals surface area (Å²) in [6, 6.07) is 33.1. The zero-order valence-corrected chi connectivity index (χ0v) is 89.6. The highest BCUT2D eigenvalue weighted by atomic mass is 79.9. The maximum atomic E-state index is 11.4. The fraction of sp³-hybridized carbons (Fsp3) is 0.412. The molecule has 0 bridgehead atoms. The molecule has 5 saturated heterocycles. The minimum atomic E-state index is -0.604. The van der Waals surface area contributed by atoms with E-state index >= 15 is 0 Å². The van der Waals surface area contributed by atoms with Gasteiger partial charge in [0.15, 0.2) is 0 Å². The number of rotatable bonds is 5. The molecular weight excluding hydrogens is 2310 g/mol. The highest BCUT2D eigenvalue weighted by molar-refractivity contribution is 9.12. The quantitative estimate of drug-likeness (QED) is 0.150. The lowest BCUT2D eigenvalue weighted by atomic mass is 9.76. The zero-order chi connectivity index (χ0) is 95.6. The first-order valence-corrected chi connectivity index (χ1v) is 53.1. The first kappa shape index (κ1) is 90.7. The fourth-order valence-electron chi connectivity index (χ4n) is 21.6. The molecule has 0 radical (unpaired) electrons. The van der Waals surface area contributed by atoms with E-state index in [4.69, 9.17) is 43.4 Å². The van der Waals surface area contributed by atoms with Crippen molar-refractivity contribution in [1.82, 2.24) is 59.2 Å². The van der Waals surface area contributed by atoms with Crippen molar-refractivity contribution in [3.8, 4) is 0 Å². The number of aromatic nitrogens is 5. The number of piperidine rings is 3. The molecule has 28 heteroatoms. The highest BCUT2D eigenvalue weighted by Crippen LogP contribution is 2.51. The van der Waals surface area contributed by atoms with Crippen LogP contribution in [0.4, 0.5) is 0 Å². The van der Waals surface area contributed by atoms with Gasteiger partial charge in [-0.25, -0.2) is 0 Å². The second-order valence-electron chi connectivity index (χ2n) is 35.9. The number of hydrogen-bond donors (Lipinski definition) is 0. The summed E-state index contributed by atoms with van der Waals surface area (Å²) in [5.41, 5.74) is 30.6. The van der Waals surface area contributed by atoms with Gasteiger partial charge in [0, 0.05) is 185 Å². The number of fused-ring (bicyclic) bond motifs is 10. The third-order valence-corrected chi connectivity index (χ3v) is 34.6. The molecule has 5 fully saturated rings. The molecule has 0 saturated carbocycles. The Morgan fingerprint density at radius 1 is 0.315 bits per heavy atom. The van der Waals surface area contributed by atoms with Crippen molar-refractivity contribution in [2.45, 2.75) is 160 Å². The standard InChI is InChI=1S/3C21H22Br2N2O.C20H21Br2N3O.C19H18Br2ClN3O/c1-13-2-4-17-18(20(13)23)5-3-15-10-16(22)11-24-21(15)19(17)14-6-8-25(12-26)9-7-14;2*1-13-8-15-2-3-16-10-17(22)11-24-21(16)20(19(15)18(23)9-13)14-4-6-25(12-26)7-5-14;1-13-8-14-2-3-15-10-16(21)11-23-19(15)20(18(14)17(22)9-13)25-6-4-24(12-26)5-7-25;20-13-9-12-1-2-14-15(3-4-16(22)17(14)21)19(18(12)23-10-13)25-7-5-24(11-26)6-8-25/h2,4,10-12,14,19H,3,5-9H2,1H3;2*8-12,14,20H,2-7H2,1H3;8-12,20H,2-7H2,1H3;3-4,9-11,19H,1-2,5-8H2/t;20-;;;/m.1.../s1/i4*12T;11T. The molecule has 5 aliphatic heterocycles. The SMILES string of the molecule is [3H]C(=O)N1CCC(C2c3ccc(C)c(Br)c3CCc3cc(Br)cnc32)CC1.[3H]C(=O)N1CCC(C2c3ncc(Br)cc3CCc3cc(C)cc(Br)c32)CC1.[3H]C(=O)N1CCC([C@H]2c3ncc(Br)cc3CCc3cc(C)cc(Br)c32)CC1.[3H]C(=O)N1CCN(C2c3ccc(Cl)c(Br)c3CCc3cc(Br)cnc32)CC1.[3H]C(=O)N1CCN(C2c3ncc(Br)cc3CCc3cc(C)cc(Br)c32)CC1. The van der Waals surface area contributed by atoms with Gasteiger partial charge in [0.25, 0.3) is 0 Å². The van der Waals surface area contributed by atoms with Gasteiger partial charge in [0.2, 0.25) is 31.9 Å². The van der Waals surface area contributed by atoms with E-state index in [-0.39, 0.29) is 29.8 Å². The van der Waals surface area contributed by atoms with Crippen molar-refractivity contribution in [2.24, 2.45) is 17.8 Å². The van der Waals surface area contributed by atoms with Crippen LogP contribution >= 0.6 is 171 Å². The largest absolute Gasteiger partial charge is 0.345 e. The fourth-order valence-corrected chi connectivity index (χ4v) is 27.3. The predicted octanol–water partition coefficient (Wildman–Crippen LogP) is 23.1. The van der Waals surface area contributed by atoms with E-state index in [1.807, 2.05) is 37.1 Å². The van der Waals surface area contributed by atoms with E-state index in [1.165, 1.54) is 136 Å². The first-order valence-electron chi connectivity index (χ1n) is 47.3. The number of carbonyl (C=O) groups is 5. The van der Waals surface area contributed by atoms with Crippen LogP contribution in [0.25, 0.3) is 0 Å². The number of likely N-dealkylation sites (tertiary alicyclic amines) is 3. The molecule has 17 nitrogen and oxygen atoms in total. The molecule has 5 aliphatic carbocycles. The van der Waals surface area contributed by atoms with Crippen LogP contribution in [-0.4, -0.2) is 183 Å². The molecule has 4 unspecified atom stereocenters. The van der Waals surface area contributed by atoms with Crippen LogP contribution in [0.1, 0.15) is 209 Å². The highest BCUT2D eigenvalue weighted by Gasteiger charge is 2.42. The van der Waals surface area contributed by atoms with Crippen molar-refractivity contribution in [3.63, 3.8) is 0 Å². The van der Waals surface area contributed by atoms with Crippen molar-refractivity contribution >= 4 is 203 Å². The normalized spacial score (nSPS) is 20.8. The number of halogens is 11. The van der Waals surface area contributed by atoms with Crippen LogP contribution in [-0.2, 0) is 88.2 Å². The zero-order valence-electron chi connectivity index (χ0n) is 77.9. The number of amides is 5. The van der Waals surface area contributed by atoms with Crippen molar-refractivity contribution < 1.29 is 30.8 Å². The summed E-state index contributed by atoms with van der Waals surface area (Å²) >= 11 is 43.2. The van der Waals surface area contributed by atoms with E-state index in [1.54, 1.807) is 24.5 Å². The maximum Gasteiger partial charge on any atom is 0.209 e. The number of carbonyl (C=O) groups excluding carboxylic acids is 5. The number of pyridine rings is 5. The van der Waals surface area contributed by atoms with E-state index in [9.17, 15) is 24.0 Å². The van der Waals surface area contributed by atoms with Crippen LogP contribution in [0.5, 0.6) is 0 Å². The minimum absolute atomic E-state index is 0.0159. The van der Waals surface area contributed by atoms with Gasteiger partial charge < -0.3 is 24.5 Å². The Morgan fingerprint density at radius 3 is 0.992 bits per heavy atom. The Balaban J connectivity index is 0.000000123. The molecule has 0 N–H and O–H groups in total. The second-order valence-corrected chi connectivity index (χ2v) is 45.0. The third kappa shape index (κ3) is 21.9. The summed E-state index contributed by atoms with van der Waals surface area (Å²) in [4.78, 5) is 94.2. The van der Waals surface area contributed by atoms with Crippen LogP contribution < -0.4 is 0 Å². The van der Waals surface area contributed by atoms with Gasteiger partial charge in [0.05, 0.1) is 45.6 Å².